The number of hydrogen-bond donors (Lipinski definition) is 7. The summed E-state index contributed by atoms with van der Waals surface area (Å²) in [7, 11) is 13.7. The molecule has 24 heteroatoms. The van der Waals surface area contributed by atoms with Crippen LogP contribution in [0.5, 0.6) is 63.2 Å². The van der Waals surface area contributed by atoms with Crippen molar-refractivity contribution in [1.82, 2.24) is 20.3 Å². The number of nitrogens with one attached hydrogen (secondary N) is 4. The number of nitrogens with two attached hydrogens (primary N) is 1. The second-order valence-corrected chi connectivity index (χ2v) is 21.7. The van der Waals surface area contributed by atoms with E-state index in [1.54, 1.807) is 82.0 Å². The van der Waals surface area contributed by atoms with Crippen molar-refractivity contribution >= 4 is 90.5 Å². The summed E-state index contributed by atoms with van der Waals surface area (Å²) in [5.74, 6) is 3.47. The SMILES string of the molecule is COc1cc2[nH]c(-c3ccc(Cl)cc3Cl)c(O)c(=O)c2cc1OC.COc1cc2[nH]c(-c3ccccc3C)c(O)c(=O)c2cc1OC.COc1cc2[nH]c(-c3ccccc3OC)c(N)c(=O)c2cc1OC.COc1cc2c(cc1OC)C(=O)NCC(c1ccccc1Cl)=N2. The number of rotatable bonds is 13. The lowest BCUT2D eigenvalue weighted by Crippen LogP contribution is -2.28. The molecule has 0 unspecified atom stereocenters. The monoisotopic (exact) mass is 1330 g/mol. The molecule has 0 saturated heterocycles. The van der Waals surface area contributed by atoms with Crippen LogP contribution in [0.2, 0.25) is 15.1 Å². The number of fused-ring (bicyclic) bond motifs is 4. The van der Waals surface area contributed by atoms with E-state index in [-0.39, 0.29) is 33.9 Å². The molecular weight excluding hydrogens is 1270 g/mol. The number of ether oxygens (including phenoxy) is 9. The van der Waals surface area contributed by atoms with Gasteiger partial charge in [-0.15, -0.1) is 0 Å². The van der Waals surface area contributed by atoms with Gasteiger partial charge in [0.2, 0.25) is 16.3 Å². The van der Waals surface area contributed by atoms with E-state index in [0.29, 0.717) is 140 Å². The van der Waals surface area contributed by atoms with Crippen LogP contribution in [-0.4, -0.2) is 107 Å². The summed E-state index contributed by atoms with van der Waals surface area (Å²) >= 11 is 18.3. The van der Waals surface area contributed by atoms with Gasteiger partial charge in [-0.3, -0.25) is 19.2 Å². The fourth-order valence-corrected chi connectivity index (χ4v) is 11.0. The molecule has 0 atom stereocenters. The standard InChI is InChI=1S/C18H18N2O4.C18H17NO4.C17H13Cl2NO4.C17H15ClN2O3/c1-22-13-7-5-4-6-10(13)17-16(19)18(21)11-8-14(23-2)15(24-3)9-12(11)20-17;1-10-6-4-5-7-11(10)16-18(21)17(20)12-8-14(22-2)15(23-3)9-13(12)19-16;1-23-13-6-10-12(7-14(13)24-2)20-15(17(22)16(10)21)9-4-3-8(18)5-11(9)19;1-22-15-7-11-13(8-16(15)23-2)20-14(9-19-17(11)21)10-5-3-4-6-12(10)18/h4-9H,19H2,1-3H3,(H,20,21);4-9,21H,1-3H3,(H,19,20);3-7,22H,1-2H3,(H,20,21);3-8H,9H2,1-2H3,(H,19,21). The third kappa shape index (κ3) is 13.8. The number of benzene rings is 8. The summed E-state index contributed by atoms with van der Waals surface area (Å²) in [5, 5.41) is 25.9. The predicted molar refractivity (Wildman–Crippen MR) is 368 cm³/mol. The molecule has 484 valence electrons. The van der Waals surface area contributed by atoms with Gasteiger partial charge in [0.25, 0.3) is 5.91 Å². The zero-order valence-corrected chi connectivity index (χ0v) is 54.6. The Morgan fingerprint density at radius 1 is 0.415 bits per heavy atom. The normalized spacial score (nSPS) is 11.4. The molecule has 0 aliphatic carbocycles. The van der Waals surface area contributed by atoms with Gasteiger partial charge in [0.15, 0.2) is 57.5 Å². The van der Waals surface area contributed by atoms with Crippen LogP contribution in [0.4, 0.5) is 11.4 Å². The molecule has 0 bridgehead atoms. The van der Waals surface area contributed by atoms with E-state index >= 15 is 0 Å². The number of carbonyl (C=O) groups excluding carboxylic acids is 1. The number of aryl methyl sites for hydroxylation is 1. The minimum atomic E-state index is -0.536. The zero-order valence-electron chi connectivity index (χ0n) is 52.3. The lowest BCUT2D eigenvalue weighted by molar-refractivity contribution is 0.0960. The second-order valence-electron chi connectivity index (χ2n) is 20.4. The molecule has 0 fully saturated rings. The number of para-hydroxylation sites is 1. The highest BCUT2D eigenvalue weighted by atomic mass is 35.5. The molecule has 0 radical (unpaired) electrons. The van der Waals surface area contributed by atoms with Crippen molar-refractivity contribution in [1.29, 1.82) is 0 Å². The Labute approximate surface area is 552 Å². The fraction of sp³-hybridized carbons (Fsp3) is 0.157. The number of aromatic amines is 3. The molecule has 0 saturated carbocycles. The number of halogens is 3. The highest BCUT2D eigenvalue weighted by molar-refractivity contribution is 6.36. The number of pyridine rings is 3. The molecule has 1 aliphatic rings. The fourth-order valence-electron chi connectivity index (χ4n) is 10.3. The number of aromatic nitrogens is 3. The lowest BCUT2D eigenvalue weighted by atomic mass is 10.0. The van der Waals surface area contributed by atoms with Crippen molar-refractivity contribution in [2.45, 2.75) is 6.92 Å². The van der Waals surface area contributed by atoms with E-state index in [9.17, 15) is 29.4 Å². The first kappa shape index (κ1) is 67.4. The van der Waals surface area contributed by atoms with Gasteiger partial charge in [0.1, 0.15) is 11.4 Å². The highest BCUT2D eigenvalue weighted by Crippen LogP contribution is 2.41. The molecule has 21 nitrogen and oxygen atoms in total. The number of H-pyrrole nitrogens is 3. The van der Waals surface area contributed by atoms with Crippen molar-refractivity contribution in [2.75, 3.05) is 76.3 Å². The minimum Gasteiger partial charge on any atom is -0.503 e. The number of aliphatic imine (C=N–C) groups is 1. The molecule has 1 amide bonds. The number of hydrogen-bond acceptors (Lipinski definition) is 17. The number of methoxy groups -OCH3 is 9. The van der Waals surface area contributed by atoms with Gasteiger partial charge in [-0.2, -0.15) is 0 Å². The van der Waals surface area contributed by atoms with Crippen LogP contribution in [0.1, 0.15) is 21.5 Å². The smallest absolute Gasteiger partial charge is 0.253 e. The average molecular weight is 1330 g/mol. The van der Waals surface area contributed by atoms with Crippen molar-refractivity contribution in [3.05, 3.63) is 202 Å². The third-order valence-corrected chi connectivity index (χ3v) is 16.0. The van der Waals surface area contributed by atoms with Crippen LogP contribution in [0.25, 0.3) is 66.5 Å². The number of aromatic hydroxyl groups is 2. The van der Waals surface area contributed by atoms with E-state index in [2.05, 4.69) is 25.3 Å². The van der Waals surface area contributed by atoms with Gasteiger partial charge < -0.3 is 78.8 Å². The maximum Gasteiger partial charge on any atom is 0.253 e. The quantitative estimate of drug-likeness (QED) is 0.0565. The number of carbonyl (C=O) groups is 1. The first-order valence-electron chi connectivity index (χ1n) is 28.4. The molecule has 0 spiro atoms. The van der Waals surface area contributed by atoms with Crippen molar-refractivity contribution in [3.63, 3.8) is 0 Å². The summed E-state index contributed by atoms with van der Waals surface area (Å²) in [6, 6.07) is 40.1. The van der Waals surface area contributed by atoms with Gasteiger partial charge in [-0.25, -0.2) is 4.99 Å². The molecule has 8 N–H and O–H groups in total. The van der Waals surface area contributed by atoms with Crippen LogP contribution in [0.3, 0.4) is 0 Å². The Bertz CT molecular complexity index is 4940. The van der Waals surface area contributed by atoms with Crippen LogP contribution in [-0.2, 0) is 0 Å². The Morgan fingerprint density at radius 2 is 0.830 bits per heavy atom. The lowest BCUT2D eigenvalue weighted by Gasteiger charge is -2.14. The largest absolute Gasteiger partial charge is 0.503 e. The number of amides is 1. The van der Waals surface area contributed by atoms with Crippen LogP contribution in [0.15, 0.2) is 159 Å². The van der Waals surface area contributed by atoms with E-state index < -0.39 is 16.6 Å². The Kier molecular flexibility index (Phi) is 21.2. The van der Waals surface area contributed by atoms with Gasteiger partial charge in [-0.05, 0) is 73.2 Å². The van der Waals surface area contributed by atoms with E-state index in [1.807, 2.05) is 73.7 Å². The molecule has 94 heavy (non-hydrogen) atoms. The molecule has 3 aromatic heterocycles. The number of nitrogen functional groups attached to an aromatic ring is 1. The number of nitrogens with zero attached hydrogens (tertiary/aromatic N) is 1. The minimum absolute atomic E-state index is 0.124. The van der Waals surface area contributed by atoms with Crippen LogP contribution in [0, 0.1) is 6.92 Å². The van der Waals surface area contributed by atoms with E-state index in [0.717, 1.165) is 16.7 Å². The first-order valence-corrected chi connectivity index (χ1v) is 29.5. The molecule has 12 rings (SSSR count). The summed E-state index contributed by atoms with van der Waals surface area (Å²) in [5.41, 5.74) is 13.1. The Morgan fingerprint density at radius 3 is 1.32 bits per heavy atom. The molecule has 4 heterocycles. The summed E-state index contributed by atoms with van der Waals surface area (Å²) < 4.78 is 47.4. The van der Waals surface area contributed by atoms with E-state index in [4.69, 9.17) is 83.2 Å². The van der Waals surface area contributed by atoms with E-state index in [1.165, 1.54) is 54.8 Å². The average Bonchev–Trinajstić information content (AvgIpc) is 0.926. The van der Waals surface area contributed by atoms with Crippen molar-refractivity contribution < 1.29 is 57.6 Å². The molecular formula is C70H63Cl3N6O15. The second kappa shape index (κ2) is 29.5. The van der Waals surface area contributed by atoms with Crippen molar-refractivity contribution in [3.8, 4) is 97.0 Å². The van der Waals surface area contributed by atoms with Gasteiger partial charge >= 0.3 is 0 Å². The third-order valence-electron chi connectivity index (χ3n) is 15.1. The topological polar surface area (TPSA) is 290 Å². The summed E-state index contributed by atoms with van der Waals surface area (Å²) in [6.45, 7) is 2.22. The first-order chi connectivity index (χ1) is 45.3. The van der Waals surface area contributed by atoms with Gasteiger partial charge in [0.05, 0.1) is 142 Å². The van der Waals surface area contributed by atoms with Gasteiger partial charge in [-0.1, -0.05) is 89.4 Å². The summed E-state index contributed by atoms with van der Waals surface area (Å²) in [6.07, 6.45) is 0. The van der Waals surface area contributed by atoms with Crippen LogP contribution >= 0.6 is 34.8 Å². The summed E-state index contributed by atoms with van der Waals surface area (Å²) in [4.78, 5) is 64.1. The Hall–Kier alpha value is -11.0. The van der Waals surface area contributed by atoms with Gasteiger partial charge in [0, 0.05) is 56.6 Å². The van der Waals surface area contributed by atoms with Crippen LogP contribution < -0.4 is 70.0 Å². The number of anilines is 1. The Balaban J connectivity index is 0.000000148. The molecule has 8 aromatic carbocycles. The van der Waals surface area contributed by atoms with Crippen molar-refractivity contribution in [2.24, 2.45) is 4.99 Å². The zero-order chi connectivity index (χ0) is 67.7. The molecule has 1 aliphatic heterocycles. The maximum absolute atomic E-state index is 12.7. The predicted octanol–water partition coefficient (Wildman–Crippen LogP) is 13.5. The maximum atomic E-state index is 12.7. The molecule has 11 aromatic rings. The highest BCUT2D eigenvalue weighted by Gasteiger charge is 2.24.